The van der Waals surface area contributed by atoms with Gasteiger partial charge in [0.1, 0.15) is 0 Å². The average molecular weight is 306 g/mol. The molecule has 0 heterocycles. The molecule has 3 N–H and O–H groups in total. The molecule has 1 aromatic carbocycles. The molecule has 1 atom stereocenters. The van der Waals surface area contributed by atoms with Crippen molar-refractivity contribution in [2.45, 2.75) is 45.6 Å². The molecule has 6 nitrogen and oxygen atoms in total. The first-order valence-electron chi connectivity index (χ1n) is 7.33. The van der Waals surface area contributed by atoms with Gasteiger partial charge in [-0.05, 0) is 63.3 Å². The summed E-state index contributed by atoms with van der Waals surface area (Å²) in [6.45, 7) is 5.51. The molecule has 6 heteroatoms. The predicted molar refractivity (Wildman–Crippen MR) is 82.1 cm³/mol. The first-order valence-corrected chi connectivity index (χ1v) is 7.33. The summed E-state index contributed by atoms with van der Waals surface area (Å²) in [5.74, 6) is -0.664. The van der Waals surface area contributed by atoms with E-state index in [1.165, 1.54) is 4.90 Å². The van der Waals surface area contributed by atoms with E-state index in [-0.39, 0.29) is 11.8 Å². The number of nitrogens with one attached hydrogen (secondary N) is 1. The lowest BCUT2D eigenvalue weighted by Gasteiger charge is -2.34. The number of carbonyl (C=O) groups is 2. The third-order valence-electron chi connectivity index (χ3n) is 4.02. The number of rotatable bonds is 2. The molecule has 2 amide bonds. The van der Waals surface area contributed by atoms with Crippen LogP contribution in [0.3, 0.4) is 0 Å². The third kappa shape index (κ3) is 3.22. The topological polar surface area (TPSA) is 89.9 Å². The zero-order chi connectivity index (χ0) is 16.5. The highest BCUT2D eigenvalue weighted by molar-refractivity contribution is 5.88. The summed E-state index contributed by atoms with van der Waals surface area (Å²) in [5.41, 5.74) is 3.84. The molecular weight excluding hydrogens is 284 g/mol. The van der Waals surface area contributed by atoms with Gasteiger partial charge in [0, 0.05) is 17.1 Å². The van der Waals surface area contributed by atoms with Crippen LogP contribution in [0.4, 0.5) is 10.5 Å². The van der Waals surface area contributed by atoms with Crippen LogP contribution < -0.4 is 10.4 Å². The maximum Gasteiger partial charge on any atom is 0.412 e. The van der Waals surface area contributed by atoms with Crippen molar-refractivity contribution in [3.8, 4) is 0 Å². The Hall–Kier alpha value is -2.08. The molecule has 0 saturated carbocycles. The molecule has 0 saturated heterocycles. The van der Waals surface area contributed by atoms with Crippen molar-refractivity contribution >= 4 is 17.7 Å². The molecule has 1 aliphatic carbocycles. The molecule has 1 aliphatic rings. The molecule has 0 radical (unpaired) electrons. The summed E-state index contributed by atoms with van der Waals surface area (Å²) in [6.07, 6.45) is 0.928. The summed E-state index contributed by atoms with van der Waals surface area (Å²) in [6, 6.07) is 5.58. The Labute approximate surface area is 129 Å². The van der Waals surface area contributed by atoms with Gasteiger partial charge in [0.05, 0.1) is 0 Å². The minimum absolute atomic E-state index is 0.277. The molecule has 1 unspecified atom stereocenters. The second-order valence-electron chi connectivity index (χ2n) is 6.66. The van der Waals surface area contributed by atoms with Crippen LogP contribution >= 0.6 is 0 Å². The van der Waals surface area contributed by atoms with Gasteiger partial charge in [-0.3, -0.25) is 14.9 Å². The third-order valence-corrected chi connectivity index (χ3v) is 4.02. The van der Waals surface area contributed by atoms with Crippen molar-refractivity contribution in [3.05, 3.63) is 29.3 Å². The Morgan fingerprint density at radius 2 is 1.95 bits per heavy atom. The van der Waals surface area contributed by atoms with Crippen LogP contribution in [-0.2, 0) is 17.6 Å². The van der Waals surface area contributed by atoms with Gasteiger partial charge in [-0.2, -0.15) is 0 Å². The number of anilines is 1. The fraction of sp³-hybridized carbons (Fsp3) is 0.500. The predicted octanol–water partition coefficient (Wildman–Crippen LogP) is 2.58. The Balaban J connectivity index is 2.35. The second-order valence-corrected chi connectivity index (χ2v) is 6.66. The number of benzene rings is 1. The summed E-state index contributed by atoms with van der Waals surface area (Å²) in [7, 11) is 0. The monoisotopic (exact) mass is 306 g/mol. The van der Waals surface area contributed by atoms with E-state index in [0.717, 1.165) is 17.5 Å². The van der Waals surface area contributed by atoms with Crippen molar-refractivity contribution in [1.82, 2.24) is 5.48 Å². The Morgan fingerprint density at radius 1 is 1.27 bits per heavy atom. The molecule has 0 fully saturated rings. The number of carbonyl (C=O) groups excluding carboxylic acids is 1. The van der Waals surface area contributed by atoms with Crippen LogP contribution in [0, 0.1) is 5.92 Å². The zero-order valence-corrected chi connectivity index (χ0v) is 13.1. The Bertz CT molecular complexity index is 592. The minimum atomic E-state index is -1.01. The van der Waals surface area contributed by atoms with E-state index >= 15 is 0 Å². The normalized spacial score (nSPS) is 17.5. The fourth-order valence-corrected chi connectivity index (χ4v) is 2.98. The number of nitrogens with zero attached hydrogens (tertiary/aromatic N) is 1. The van der Waals surface area contributed by atoms with Gasteiger partial charge in [-0.15, -0.1) is 0 Å². The van der Waals surface area contributed by atoms with E-state index < -0.39 is 11.6 Å². The van der Waals surface area contributed by atoms with Crippen LogP contribution in [0.5, 0.6) is 0 Å². The van der Waals surface area contributed by atoms with Gasteiger partial charge in [0.2, 0.25) is 5.91 Å². The van der Waals surface area contributed by atoms with Crippen LogP contribution in [0.2, 0.25) is 0 Å². The molecule has 0 spiro atoms. The van der Waals surface area contributed by atoms with E-state index in [9.17, 15) is 14.7 Å². The average Bonchev–Trinajstić information content (AvgIpc) is 2.43. The Morgan fingerprint density at radius 3 is 2.50 bits per heavy atom. The van der Waals surface area contributed by atoms with Gasteiger partial charge in [0.15, 0.2) is 0 Å². The molecule has 0 aromatic heterocycles. The highest BCUT2D eigenvalue weighted by Crippen LogP contribution is 2.31. The second kappa shape index (κ2) is 5.96. The van der Waals surface area contributed by atoms with E-state index in [2.05, 4.69) is 0 Å². The Kier molecular flexibility index (Phi) is 4.42. The smallest absolute Gasteiger partial charge is 0.412 e. The number of carboxylic acid groups (broad SMARTS) is 1. The lowest BCUT2D eigenvalue weighted by molar-refractivity contribution is -0.133. The first-order chi connectivity index (χ1) is 10.2. The van der Waals surface area contributed by atoms with Crippen molar-refractivity contribution in [3.63, 3.8) is 0 Å². The van der Waals surface area contributed by atoms with Crippen molar-refractivity contribution in [2.24, 2.45) is 5.92 Å². The molecule has 1 aromatic rings. The van der Waals surface area contributed by atoms with E-state index in [0.29, 0.717) is 18.5 Å². The standard InChI is InChI=1S/C16H22N2O4/c1-16(2,3)18(15(20)21)13-7-6-10-4-5-11(14(19)17-22)8-12(10)9-13/h6-7,9,11,22H,4-5,8H2,1-3H3,(H,17,19)(H,20,21). The van der Waals surface area contributed by atoms with Crippen LogP contribution in [-0.4, -0.2) is 27.9 Å². The number of amides is 2. The molecule has 0 aliphatic heterocycles. The number of hydrogen-bond donors (Lipinski definition) is 3. The SMILES string of the molecule is CC(C)(C)N(C(=O)O)c1ccc2c(c1)CC(C(=O)NO)CC2. The molecule has 22 heavy (non-hydrogen) atoms. The van der Waals surface area contributed by atoms with Crippen LogP contribution in [0.15, 0.2) is 18.2 Å². The quantitative estimate of drug-likeness (QED) is 0.578. The minimum Gasteiger partial charge on any atom is -0.465 e. The first kappa shape index (κ1) is 16.3. The molecule has 120 valence electrons. The fourth-order valence-electron chi connectivity index (χ4n) is 2.98. The van der Waals surface area contributed by atoms with E-state index in [1.807, 2.05) is 39.0 Å². The zero-order valence-electron chi connectivity index (χ0n) is 13.1. The van der Waals surface area contributed by atoms with Crippen molar-refractivity contribution in [2.75, 3.05) is 4.90 Å². The number of aryl methyl sites for hydroxylation is 1. The summed E-state index contributed by atoms with van der Waals surface area (Å²) in [4.78, 5) is 24.5. The van der Waals surface area contributed by atoms with Gasteiger partial charge in [-0.1, -0.05) is 6.07 Å². The number of hydrogen-bond acceptors (Lipinski definition) is 3. The highest BCUT2D eigenvalue weighted by Gasteiger charge is 2.30. The summed E-state index contributed by atoms with van der Waals surface area (Å²) in [5, 5.41) is 18.2. The lowest BCUT2D eigenvalue weighted by Crippen LogP contribution is -2.45. The van der Waals surface area contributed by atoms with Gasteiger partial charge in [0.25, 0.3) is 0 Å². The molecular formula is C16H22N2O4. The summed E-state index contributed by atoms with van der Waals surface area (Å²) < 4.78 is 0. The maximum absolute atomic E-state index is 11.6. The van der Waals surface area contributed by atoms with Gasteiger partial charge in [-0.25, -0.2) is 10.3 Å². The number of hydroxylamine groups is 1. The van der Waals surface area contributed by atoms with E-state index in [4.69, 9.17) is 5.21 Å². The largest absolute Gasteiger partial charge is 0.465 e. The van der Waals surface area contributed by atoms with E-state index in [1.54, 1.807) is 5.48 Å². The molecule has 2 rings (SSSR count). The van der Waals surface area contributed by atoms with Crippen LogP contribution in [0.1, 0.15) is 38.3 Å². The van der Waals surface area contributed by atoms with Crippen molar-refractivity contribution < 1.29 is 19.9 Å². The summed E-state index contributed by atoms with van der Waals surface area (Å²) >= 11 is 0. The van der Waals surface area contributed by atoms with Crippen LogP contribution in [0.25, 0.3) is 0 Å². The maximum atomic E-state index is 11.6. The van der Waals surface area contributed by atoms with Gasteiger partial charge >= 0.3 is 6.09 Å². The molecule has 0 bridgehead atoms. The lowest BCUT2D eigenvalue weighted by atomic mass is 9.83. The van der Waals surface area contributed by atoms with Gasteiger partial charge < -0.3 is 5.11 Å². The highest BCUT2D eigenvalue weighted by atomic mass is 16.5. The number of fused-ring (bicyclic) bond motifs is 1. The van der Waals surface area contributed by atoms with Crippen molar-refractivity contribution in [1.29, 1.82) is 0 Å².